The van der Waals surface area contributed by atoms with E-state index in [2.05, 4.69) is 5.32 Å². The van der Waals surface area contributed by atoms with Crippen LogP contribution < -0.4 is 10.1 Å². The van der Waals surface area contributed by atoms with E-state index >= 15 is 0 Å². The van der Waals surface area contributed by atoms with Crippen molar-refractivity contribution in [3.63, 3.8) is 0 Å². The number of ketones is 1. The third-order valence-electron chi connectivity index (χ3n) is 3.40. The number of rotatable bonds is 5. The maximum atomic E-state index is 12.4. The fourth-order valence-electron chi connectivity index (χ4n) is 2.18. The lowest BCUT2D eigenvalue weighted by molar-refractivity contribution is -0.128. The van der Waals surface area contributed by atoms with Gasteiger partial charge >= 0.3 is 0 Å². The summed E-state index contributed by atoms with van der Waals surface area (Å²) >= 11 is 5.84. The highest BCUT2D eigenvalue weighted by atomic mass is 35.5. The average Bonchev–Trinajstić information content (AvgIpc) is 2.54. The number of amides is 1. The molecule has 0 aromatic heterocycles. The molecule has 0 saturated carbocycles. The van der Waals surface area contributed by atoms with Gasteiger partial charge in [-0.15, -0.1) is 0 Å². The van der Waals surface area contributed by atoms with Gasteiger partial charge in [-0.1, -0.05) is 11.6 Å². The standard InChI is InChI=1S/C20H22ClNO3/c1-13(19(24)22-20(2,3)4)25-17-11-7-15(8-12-17)18(23)14-5-9-16(21)10-6-14/h5-13H,1-4H3,(H,22,24)/t13-/m0/s1. The molecule has 0 aliphatic heterocycles. The minimum Gasteiger partial charge on any atom is -0.481 e. The Kier molecular flexibility index (Phi) is 5.85. The second kappa shape index (κ2) is 7.70. The van der Waals surface area contributed by atoms with E-state index < -0.39 is 6.10 Å². The zero-order valence-corrected chi connectivity index (χ0v) is 15.6. The Morgan fingerprint density at radius 3 is 1.92 bits per heavy atom. The molecule has 1 N–H and O–H groups in total. The highest BCUT2D eigenvalue weighted by Gasteiger charge is 2.20. The van der Waals surface area contributed by atoms with Gasteiger partial charge < -0.3 is 10.1 Å². The molecule has 2 aromatic carbocycles. The van der Waals surface area contributed by atoms with Crippen molar-refractivity contribution in [3.05, 3.63) is 64.7 Å². The summed E-state index contributed by atoms with van der Waals surface area (Å²) in [5.41, 5.74) is 0.793. The Bertz CT molecular complexity index is 746. The summed E-state index contributed by atoms with van der Waals surface area (Å²) < 4.78 is 5.64. The lowest BCUT2D eigenvalue weighted by Crippen LogP contribution is -2.46. The van der Waals surface area contributed by atoms with E-state index in [9.17, 15) is 9.59 Å². The molecule has 132 valence electrons. The lowest BCUT2D eigenvalue weighted by atomic mass is 10.0. The summed E-state index contributed by atoms with van der Waals surface area (Å²) in [6, 6.07) is 13.5. The number of benzene rings is 2. The Balaban J connectivity index is 2.03. The molecule has 2 aromatic rings. The van der Waals surface area contributed by atoms with Gasteiger partial charge in [0.15, 0.2) is 11.9 Å². The molecule has 0 bridgehead atoms. The van der Waals surface area contributed by atoms with Crippen LogP contribution in [-0.4, -0.2) is 23.3 Å². The van der Waals surface area contributed by atoms with Crippen molar-refractivity contribution in [3.8, 4) is 5.75 Å². The maximum absolute atomic E-state index is 12.4. The first-order valence-electron chi connectivity index (χ1n) is 8.05. The van der Waals surface area contributed by atoms with E-state index in [1.165, 1.54) is 0 Å². The maximum Gasteiger partial charge on any atom is 0.261 e. The first-order chi connectivity index (χ1) is 11.7. The predicted octanol–water partition coefficient (Wildman–Crippen LogP) is 4.25. The van der Waals surface area contributed by atoms with Crippen molar-refractivity contribution >= 4 is 23.3 Å². The topological polar surface area (TPSA) is 55.4 Å². The fourth-order valence-corrected chi connectivity index (χ4v) is 2.31. The molecule has 1 amide bonds. The molecule has 0 saturated heterocycles. The van der Waals surface area contributed by atoms with Crippen molar-refractivity contribution in [2.24, 2.45) is 0 Å². The van der Waals surface area contributed by atoms with Gasteiger partial charge in [0.05, 0.1) is 0 Å². The van der Waals surface area contributed by atoms with E-state index in [1.54, 1.807) is 55.5 Å². The van der Waals surface area contributed by atoms with Crippen molar-refractivity contribution < 1.29 is 14.3 Å². The van der Waals surface area contributed by atoms with Gasteiger partial charge in [0.25, 0.3) is 5.91 Å². The normalized spacial score (nSPS) is 12.4. The number of carbonyl (C=O) groups is 2. The smallest absolute Gasteiger partial charge is 0.261 e. The van der Waals surface area contributed by atoms with Crippen LogP contribution in [0.25, 0.3) is 0 Å². The van der Waals surface area contributed by atoms with Crippen LogP contribution in [0.15, 0.2) is 48.5 Å². The van der Waals surface area contributed by atoms with E-state index in [-0.39, 0.29) is 17.2 Å². The van der Waals surface area contributed by atoms with Gasteiger partial charge in [-0.3, -0.25) is 9.59 Å². The van der Waals surface area contributed by atoms with Crippen LogP contribution in [0.5, 0.6) is 5.75 Å². The molecule has 4 nitrogen and oxygen atoms in total. The van der Waals surface area contributed by atoms with Gasteiger partial charge in [0.1, 0.15) is 5.75 Å². The van der Waals surface area contributed by atoms with E-state index in [0.717, 1.165) is 0 Å². The van der Waals surface area contributed by atoms with E-state index in [1.807, 2.05) is 20.8 Å². The molecule has 2 rings (SSSR count). The van der Waals surface area contributed by atoms with Gasteiger partial charge in [-0.05, 0) is 76.2 Å². The molecule has 0 aliphatic rings. The van der Waals surface area contributed by atoms with Crippen LogP contribution in [0.3, 0.4) is 0 Å². The lowest BCUT2D eigenvalue weighted by Gasteiger charge is -2.23. The largest absolute Gasteiger partial charge is 0.481 e. The van der Waals surface area contributed by atoms with Crippen molar-refractivity contribution in [2.75, 3.05) is 0 Å². The number of halogens is 1. The van der Waals surface area contributed by atoms with Crippen molar-refractivity contribution in [1.82, 2.24) is 5.32 Å². The molecule has 5 heteroatoms. The molecule has 0 spiro atoms. The average molecular weight is 360 g/mol. The minimum absolute atomic E-state index is 0.0956. The second-order valence-corrected chi connectivity index (χ2v) is 7.30. The van der Waals surface area contributed by atoms with Crippen LogP contribution in [0, 0.1) is 0 Å². The van der Waals surface area contributed by atoms with Gasteiger partial charge in [-0.2, -0.15) is 0 Å². The Labute approximate surface area is 153 Å². The van der Waals surface area contributed by atoms with Crippen LogP contribution in [0.2, 0.25) is 5.02 Å². The highest BCUT2D eigenvalue weighted by Crippen LogP contribution is 2.18. The third kappa shape index (κ3) is 5.61. The highest BCUT2D eigenvalue weighted by molar-refractivity contribution is 6.30. The fraction of sp³-hybridized carbons (Fsp3) is 0.300. The molecular formula is C20H22ClNO3. The first kappa shape index (κ1) is 19.0. The van der Waals surface area contributed by atoms with Crippen LogP contribution in [-0.2, 0) is 4.79 Å². The number of ether oxygens (including phenoxy) is 1. The van der Waals surface area contributed by atoms with Crippen molar-refractivity contribution in [1.29, 1.82) is 0 Å². The van der Waals surface area contributed by atoms with Gasteiger partial charge in [0, 0.05) is 21.7 Å². The monoisotopic (exact) mass is 359 g/mol. The Hall–Kier alpha value is -2.33. The van der Waals surface area contributed by atoms with Gasteiger partial charge in [-0.25, -0.2) is 0 Å². The van der Waals surface area contributed by atoms with Gasteiger partial charge in [0.2, 0.25) is 0 Å². The number of carbonyl (C=O) groups excluding carboxylic acids is 2. The SMILES string of the molecule is C[C@H](Oc1ccc(C(=O)c2ccc(Cl)cc2)cc1)C(=O)NC(C)(C)C. The zero-order valence-electron chi connectivity index (χ0n) is 14.8. The summed E-state index contributed by atoms with van der Waals surface area (Å²) in [5, 5.41) is 3.45. The predicted molar refractivity (Wildman–Crippen MR) is 99.3 cm³/mol. The quantitative estimate of drug-likeness (QED) is 0.812. The number of nitrogens with one attached hydrogen (secondary N) is 1. The molecule has 0 radical (unpaired) electrons. The summed E-state index contributed by atoms with van der Waals surface area (Å²) in [7, 11) is 0. The molecule has 0 unspecified atom stereocenters. The van der Waals surface area contributed by atoms with E-state index in [0.29, 0.717) is 21.9 Å². The number of hydrogen-bond acceptors (Lipinski definition) is 3. The molecule has 0 fully saturated rings. The molecule has 25 heavy (non-hydrogen) atoms. The van der Waals surface area contributed by atoms with E-state index in [4.69, 9.17) is 16.3 Å². The van der Waals surface area contributed by atoms with Crippen molar-refractivity contribution in [2.45, 2.75) is 39.3 Å². The number of hydrogen-bond donors (Lipinski definition) is 1. The minimum atomic E-state index is -0.628. The second-order valence-electron chi connectivity index (χ2n) is 6.86. The van der Waals surface area contributed by atoms with Crippen LogP contribution >= 0.6 is 11.6 Å². The van der Waals surface area contributed by atoms with Crippen LogP contribution in [0.1, 0.15) is 43.6 Å². The summed E-state index contributed by atoms with van der Waals surface area (Å²) in [4.78, 5) is 24.5. The Morgan fingerprint density at radius 2 is 1.44 bits per heavy atom. The zero-order chi connectivity index (χ0) is 18.6. The third-order valence-corrected chi connectivity index (χ3v) is 3.66. The molecular weight excluding hydrogens is 338 g/mol. The molecule has 0 heterocycles. The molecule has 1 atom stereocenters. The summed E-state index contributed by atoms with van der Waals surface area (Å²) in [6.07, 6.45) is -0.628. The Morgan fingerprint density at radius 1 is 0.960 bits per heavy atom. The summed E-state index contributed by atoms with van der Waals surface area (Å²) in [5.74, 6) is 0.250. The molecule has 0 aliphatic carbocycles. The summed E-state index contributed by atoms with van der Waals surface area (Å²) in [6.45, 7) is 7.42. The first-order valence-corrected chi connectivity index (χ1v) is 8.42. The van der Waals surface area contributed by atoms with Crippen LogP contribution in [0.4, 0.5) is 0 Å².